The highest BCUT2D eigenvalue weighted by Crippen LogP contribution is 2.31. The molecule has 1 amide bonds. The van der Waals surface area contributed by atoms with Crippen LogP contribution in [0.25, 0.3) is 0 Å². The number of rotatable bonds is 11. The lowest BCUT2D eigenvalue weighted by atomic mass is 10.2. The van der Waals surface area contributed by atoms with Gasteiger partial charge < -0.3 is 24.3 Å². The molecule has 186 valence electrons. The van der Waals surface area contributed by atoms with Crippen LogP contribution in [0.3, 0.4) is 0 Å². The molecule has 0 heterocycles. The van der Waals surface area contributed by atoms with Gasteiger partial charge in [0.15, 0.2) is 6.10 Å². The molecule has 0 fully saturated rings. The summed E-state index contributed by atoms with van der Waals surface area (Å²) in [6.45, 7) is 1.84. The van der Waals surface area contributed by atoms with Crippen molar-refractivity contribution in [2.24, 2.45) is 0 Å². The minimum absolute atomic E-state index is 0.0156. The maximum absolute atomic E-state index is 12.9. The van der Waals surface area contributed by atoms with Gasteiger partial charge in [-0.2, -0.15) is 0 Å². The van der Waals surface area contributed by atoms with Gasteiger partial charge in [-0.1, -0.05) is 6.92 Å². The van der Waals surface area contributed by atoms with Crippen molar-refractivity contribution in [3.63, 3.8) is 0 Å². The van der Waals surface area contributed by atoms with E-state index in [0.717, 1.165) is 0 Å². The molecule has 0 radical (unpaired) electrons. The first-order valence-corrected chi connectivity index (χ1v) is 12.2. The van der Waals surface area contributed by atoms with E-state index in [2.05, 4.69) is 10.0 Å². The molecule has 0 bridgehead atoms. The van der Waals surface area contributed by atoms with Crippen LogP contribution in [0.15, 0.2) is 71.6 Å². The van der Waals surface area contributed by atoms with Gasteiger partial charge in [0.05, 0.1) is 31.9 Å². The molecular weight excluding hydrogens is 472 g/mol. The number of sulfonamides is 1. The van der Waals surface area contributed by atoms with Crippen LogP contribution >= 0.6 is 0 Å². The molecule has 0 spiro atoms. The quantitative estimate of drug-likeness (QED) is 0.403. The van der Waals surface area contributed by atoms with Gasteiger partial charge >= 0.3 is 0 Å². The maximum Gasteiger partial charge on any atom is 0.265 e. The Morgan fingerprint density at radius 3 is 2.00 bits per heavy atom. The van der Waals surface area contributed by atoms with Crippen LogP contribution < -0.4 is 29.0 Å². The highest BCUT2D eigenvalue weighted by molar-refractivity contribution is 7.92. The van der Waals surface area contributed by atoms with Crippen molar-refractivity contribution in [1.82, 2.24) is 0 Å². The van der Waals surface area contributed by atoms with Gasteiger partial charge in [-0.15, -0.1) is 0 Å². The fourth-order valence-corrected chi connectivity index (χ4v) is 4.24. The van der Waals surface area contributed by atoms with Crippen LogP contribution in [-0.2, 0) is 14.8 Å². The van der Waals surface area contributed by atoms with Gasteiger partial charge in [0.2, 0.25) is 0 Å². The van der Waals surface area contributed by atoms with E-state index in [1.165, 1.54) is 44.6 Å². The van der Waals surface area contributed by atoms with Crippen LogP contribution in [0.5, 0.6) is 23.0 Å². The Bertz CT molecular complexity index is 1240. The van der Waals surface area contributed by atoms with Crippen LogP contribution in [0, 0.1) is 0 Å². The summed E-state index contributed by atoms with van der Waals surface area (Å²) in [6.07, 6.45) is -0.287. The molecule has 0 aliphatic rings. The van der Waals surface area contributed by atoms with Crippen molar-refractivity contribution in [2.75, 3.05) is 31.4 Å². The molecule has 0 unspecified atom stereocenters. The average molecular weight is 501 g/mol. The summed E-state index contributed by atoms with van der Waals surface area (Å²) in [6, 6.07) is 17.5. The summed E-state index contributed by atoms with van der Waals surface area (Å²) in [5.74, 6) is 1.69. The standard InChI is InChI=1S/C25H28N2O7S/c1-5-23(34-19-10-8-18(31-2)9-11-19)25(28)26-17-6-13-21(14-7-17)35(29,30)27-22-16-20(32-3)12-15-24(22)33-4/h6-16,23,27H,5H2,1-4H3,(H,26,28)/t23-/m0/s1. The maximum atomic E-state index is 12.9. The van der Waals surface area contributed by atoms with E-state index in [9.17, 15) is 13.2 Å². The molecule has 0 saturated heterocycles. The number of anilines is 2. The van der Waals surface area contributed by atoms with E-state index in [1.807, 2.05) is 6.92 Å². The Morgan fingerprint density at radius 1 is 0.829 bits per heavy atom. The summed E-state index contributed by atoms with van der Waals surface area (Å²) in [7, 11) is 0.581. The van der Waals surface area contributed by atoms with Crippen LogP contribution in [0.2, 0.25) is 0 Å². The number of benzene rings is 3. The third-order valence-electron chi connectivity index (χ3n) is 5.08. The van der Waals surface area contributed by atoms with Crippen molar-refractivity contribution in [3.05, 3.63) is 66.7 Å². The van der Waals surface area contributed by atoms with Gasteiger partial charge in [-0.05, 0) is 67.1 Å². The Balaban J connectivity index is 1.69. The van der Waals surface area contributed by atoms with Gasteiger partial charge in [0.25, 0.3) is 15.9 Å². The third kappa shape index (κ3) is 6.57. The molecule has 10 heteroatoms. The molecule has 3 aromatic carbocycles. The predicted octanol–water partition coefficient (Wildman–Crippen LogP) is 4.31. The highest BCUT2D eigenvalue weighted by atomic mass is 32.2. The zero-order valence-electron chi connectivity index (χ0n) is 19.9. The second-order valence-electron chi connectivity index (χ2n) is 7.38. The Labute approximate surface area is 205 Å². The molecule has 1 atom stereocenters. The minimum atomic E-state index is -3.92. The normalized spacial score (nSPS) is 11.8. The Hall–Kier alpha value is -3.92. The predicted molar refractivity (Wildman–Crippen MR) is 133 cm³/mol. The van der Waals surface area contributed by atoms with Crippen molar-refractivity contribution in [3.8, 4) is 23.0 Å². The molecule has 0 aliphatic carbocycles. The first kappa shape index (κ1) is 25.7. The first-order valence-electron chi connectivity index (χ1n) is 10.8. The van der Waals surface area contributed by atoms with E-state index < -0.39 is 16.1 Å². The molecule has 0 saturated carbocycles. The second kappa shape index (κ2) is 11.5. The Morgan fingerprint density at radius 2 is 1.43 bits per heavy atom. The number of carbonyl (C=O) groups is 1. The van der Waals surface area contributed by atoms with Crippen LogP contribution in [0.1, 0.15) is 13.3 Å². The van der Waals surface area contributed by atoms with E-state index in [1.54, 1.807) is 43.5 Å². The summed E-state index contributed by atoms with van der Waals surface area (Å²) < 4.78 is 49.6. The zero-order valence-corrected chi connectivity index (χ0v) is 20.7. The molecule has 0 aromatic heterocycles. The molecule has 0 aliphatic heterocycles. The van der Waals surface area contributed by atoms with Crippen LogP contribution in [0.4, 0.5) is 11.4 Å². The van der Waals surface area contributed by atoms with Gasteiger partial charge in [-0.3, -0.25) is 9.52 Å². The van der Waals surface area contributed by atoms with Crippen molar-refractivity contribution < 1.29 is 32.2 Å². The number of methoxy groups -OCH3 is 3. The Kier molecular flexibility index (Phi) is 8.43. The zero-order chi connectivity index (χ0) is 25.4. The second-order valence-corrected chi connectivity index (χ2v) is 9.06. The van der Waals surface area contributed by atoms with Crippen molar-refractivity contribution in [1.29, 1.82) is 0 Å². The fourth-order valence-electron chi connectivity index (χ4n) is 3.18. The number of carbonyl (C=O) groups excluding carboxylic acids is 1. The fraction of sp³-hybridized carbons (Fsp3) is 0.240. The summed E-state index contributed by atoms with van der Waals surface area (Å²) >= 11 is 0. The van der Waals surface area contributed by atoms with E-state index in [0.29, 0.717) is 35.1 Å². The van der Waals surface area contributed by atoms with Crippen LogP contribution in [-0.4, -0.2) is 41.8 Å². The van der Waals surface area contributed by atoms with E-state index >= 15 is 0 Å². The molecule has 2 N–H and O–H groups in total. The van der Waals surface area contributed by atoms with Crippen molar-refractivity contribution in [2.45, 2.75) is 24.3 Å². The van der Waals surface area contributed by atoms with Gasteiger partial charge in [0, 0.05) is 11.8 Å². The summed E-state index contributed by atoms with van der Waals surface area (Å²) in [5, 5.41) is 2.76. The summed E-state index contributed by atoms with van der Waals surface area (Å²) in [4.78, 5) is 12.7. The SMILES string of the molecule is CC[C@H](Oc1ccc(OC)cc1)C(=O)Nc1ccc(S(=O)(=O)Nc2cc(OC)ccc2OC)cc1. The molecule has 3 rings (SSSR count). The number of hydrogen-bond donors (Lipinski definition) is 2. The third-order valence-corrected chi connectivity index (χ3v) is 6.47. The largest absolute Gasteiger partial charge is 0.497 e. The monoisotopic (exact) mass is 500 g/mol. The number of ether oxygens (including phenoxy) is 4. The lowest BCUT2D eigenvalue weighted by Crippen LogP contribution is -2.32. The molecule has 35 heavy (non-hydrogen) atoms. The minimum Gasteiger partial charge on any atom is -0.497 e. The lowest BCUT2D eigenvalue weighted by Gasteiger charge is -2.18. The number of hydrogen-bond acceptors (Lipinski definition) is 7. The first-order chi connectivity index (χ1) is 16.8. The average Bonchev–Trinajstić information content (AvgIpc) is 2.87. The molecule has 9 nitrogen and oxygen atoms in total. The van der Waals surface area contributed by atoms with Gasteiger partial charge in [0.1, 0.15) is 23.0 Å². The van der Waals surface area contributed by atoms with E-state index in [4.69, 9.17) is 18.9 Å². The number of nitrogens with one attached hydrogen (secondary N) is 2. The van der Waals surface area contributed by atoms with Gasteiger partial charge in [-0.25, -0.2) is 8.42 Å². The lowest BCUT2D eigenvalue weighted by molar-refractivity contribution is -0.122. The topological polar surface area (TPSA) is 112 Å². The van der Waals surface area contributed by atoms with Crippen molar-refractivity contribution >= 4 is 27.3 Å². The molecule has 3 aromatic rings. The number of amides is 1. The highest BCUT2D eigenvalue weighted by Gasteiger charge is 2.20. The smallest absolute Gasteiger partial charge is 0.265 e. The van der Waals surface area contributed by atoms with E-state index in [-0.39, 0.29) is 16.5 Å². The molecular formula is C25H28N2O7S. The summed E-state index contributed by atoms with van der Waals surface area (Å²) in [5.41, 5.74) is 0.676.